The first kappa shape index (κ1) is 26.8. The molecule has 2 aliphatic rings. The molecule has 198 valence electrons. The lowest BCUT2D eigenvalue weighted by atomic mass is 9.91. The number of hydrogen-bond donors (Lipinski definition) is 1. The number of piperazine rings is 1. The van der Waals surface area contributed by atoms with Gasteiger partial charge in [-0.1, -0.05) is 51.1 Å². The van der Waals surface area contributed by atoms with E-state index in [0.29, 0.717) is 44.6 Å². The minimum Gasteiger partial charge on any atom is -0.338 e. The van der Waals surface area contributed by atoms with E-state index in [2.05, 4.69) is 43.2 Å². The molecule has 0 saturated carbocycles. The van der Waals surface area contributed by atoms with Crippen LogP contribution in [0.1, 0.15) is 49.5 Å². The second-order valence-corrected chi connectivity index (χ2v) is 11.2. The van der Waals surface area contributed by atoms with E-state index in [1.807, 2.05) is 28.0 Å². The molecule has 37 heavy (non-hydrogen) atoms. The lowest BCUT2D eigenvalue weighted by molar-refractivity contribution is -0.137. The molecule has 4 rings (SSSR count). The summed E-state index contributed by atoms with van der Waals surface area (Å²) in [5.41, 5.74) is 1.45. The van der Waals surface area contributed by atoms with Crippen LogP contribution in [-0.2, 0) is 16.0 Å². The summed E-state index contributed by atoms with van der Waals surface area (Å²) in [6.45, 7) is 9.79. The maximum Gasteiger partial charge on any atom is 0.256 e. The Morgan fingerprint density at radius 3 is 2.43 bits per heavy atom. The first-order chi connectivity index (χ1) is 17.7. The van der Waals surface area contributed by atoms with Crippen molar-refractivity contribution in [3.8, 4) is 0 Å². The number of nitrogens with zero attached hydrogens (tertiary/aromatic N) is 4. The number of carbonyl (C=O) groups is 3. The lowest BCUT2D eigenvalue weighted by Gasteiger charge is -2.32. The van der Waals surface area contributed by atoms with E-state index in [-0.39, 0.29) is 29.2 Å². The Hall–Kier alpha value is -3.26. The number of likely N-dealkylation sites (tertiary alicyclic amines) is 1. The fourth-order valence-electron chi connectivity index (χ4n) is 5.21. The highest BCUT2D eigenvalue weighted by Crippen LogP contribution is 2.29. The van der Waals surface area contributed by atoms with Crippen LogP contribution in [0.15, 0.2) is 54.9 Å². The van der Waals surface area contributed by atoms with Crippen LogP contribution in [0.2, 0.25) is 0 Å². The molecule has 2 aliphatic heterocycles. The van der Waals surface area contributed by atoms with Gasteiger partial charge in [0.15, 0.2) is 0 Å². The number of hydrogen-bond acceptors (Lipinski definition) is 5. The zero-order valence-corrected chi connectivity index (χ0v) is 22.2. The zero-order valence-electron chi connectivity index (χ0n) is 22.2. The Morgan fingerprint density at radius 2 is 1.78 bits per heavy atom. The highest BCUT2D eigenvalue weighted by molar-refractivity contribution is 5.98. The van der Waals surface area contributed by atoms with E-state index in [9.17, 15) is 14.4 Å². The maximum atomic E-state index is 13.7. The van der Waals surface area contributed by atoms with Crippen molar-refractivity contribution in [3.05, 3.63) is 66.0 Å². The van der Waals surface area contributed by atoms with Crippen molar-refractivity contribution >= 4 is 17.7 Å². The minimum absolute atomic E-state index is 0.0347. The van der Waals surface area contributed by atoms with Crippen LogP contribution in [0.3, 0.4) is 0 Å². The molecule has 3 amide bonds. The summed E-state index contributed by atoms with van der Waals surface area (Å²) < 4.78 is 0. The van der Waals surface area contributed by atoms with Crippen molar-refractivity contribution < 1.29 is 14.4 Å². The first-order valence-corrected chi connectivity index (χ1v) is 13.3. The maximum absolute atomic E-state index is 13.7. The Balaban J connectivity index is 1.60. The van der Waals surface area contributed by atoms with Crippen LogP contribution in [0.5, 0.6) is 0 Å². The van der Waals surface area contributed by atoms with Crippen molar-refractivity contribution in [2.75, 3.05) is 39.3 Å². The Bertz CT molecular complexity index is 1060. The number of pyridine rings is 1. The molecule has 2 atom stereocenters. The summed E-state index contributed by atoms with van der Waals surface area (Å²) in [6, 6.07) is 12.8. The number of benzene rings is 1. The van der Waals surface area contributed by atoms with Gasteiger partial charge in [0.1, 0.15) is 6.04 Å². The predicted octanol–water partition coefficient (Wildman–Crippen LogP) is 2.60. The van der Waals surface area contributed by atoms with Crippen molar-refractivity contribution in [2.45, 2.75) is 52.1 Å². The minimum atomic E-state index is -0.600. The molecule has 1 aromatic heterocycles. The molecule has 0 spiro atoms. The monoisotopic (exact) mass is 505 g/mol. The lowest BCUT2D eigenvalue weighted by Crippen LogP contribution is -2.53. The SMILES string of the molecule is CC(C)(C)CC(=O)N(CCc1ccccc1)C1CC(C(=O)N2CCNCC2)N(C(=O)c2cccnc2)C1. The summed E-state index contributed by atoms with van der Waals surface area (Å²) in [6.07, 6.45) is 4.74. The quantitative estimate of drug-likeness (QED) is 0.625. The third-order valence-corrected chi connectivity index (χ3v) is 7.09. The largest absolute Gasteiger partial charge is 0.338 e. The van der Waals surface area contributed by atoms with Gasteiger partial charge in [0.05, 0.1) is 11.6 Å². The van der Waals surface area contributed by atoms with Crippen LogP contribution >= 0.6 is 0 Å². The molecule has 0 radical (unpaired) electrons. The van der Waals surface area contributed by atoms with Gasteiger partial charge in [-0.25, -0.2) is 0 Å². The van der Waals surface area contributed by atoms with Crippen molar-refractivity contribution in [1.29, 1.82) is 0 Å². The van der Waals surface area contributed by atoms with Gasteiger partial charge in [-0.2, -0.15) is 0 Å². The predicted molar refractivity (Wildman–Crippen MR) is 143 cm³/mol. The number of aromatic nitrogens is 1. The molecule has 2 aromatic rings. The van der Waals surface area contributed by atoms with E-state index in [0.717, 1.165) is 25.1 Å². The molecule has 2 saturated heterocycles. The van der Waals surface area contributed by atoms with Gasteiger partial charge in [0, 0.05) is 58.1 Å². The van der Waals surface area contributed by atoms with E-state index < -0.39 is 6.04 Å². The van der Waals surface area contributed by atoms with Crippen molar-refractivity contribution in [2.24, 2.45) is 5.41 Å². The van der Waals surface area contributed by atoms with E-state index in [1.54, 1.807) is 29.4 Å². The highest BCUT2D eigenvalue weighted by Gasteiger charge is 2.44. The molecule has 0 aliphatic carbocycles. The van der Waals surface area contributed by atoms with Gasteiger partial charge in [0.25, 0.3) is 5.91 Å². The molecule has 8 nitrogen and oxygen atoms in total. The molecule has 1 N–H and O–H groups in total. The van der Waals surface area contributed by atoms with Gasteiger partial charge in [0.2, 0.25) is 11.8 Å². The van der Waals surface area contributed by atoms with Crippen LogP contribution in [0, 0.1) is 5.41 Å². The number of amides is 3. The number of carbonyl (C=O) groups excluding carboxylic acids is 3. The Kier molecular flexibility index (Phi) is 8.59. The van der Waals surface area contributed by atoms with Crippen LogP contribution in [0.25, 0.3) is 0 Å². The average Bonchev–Trinajstić information content (AvgIpc) is 3.33. The molecule has 3 heterocycles. The van der Waals surface area contributed by atoms with Gasteiger partial charge < -0.3 is 20.0 Å². The molecule has 2 fully saturated rings. The molecule has 1 aromatic carbocycles. The molecule has 8 heteroatoms. The third kappa shape index (κ3) is 6.95. The summed E-state index contributed by atoms with van der Waals surface area (Å²) in [5, 5.41) is 3.28. The Labute approximate surface area is 220 Å². The molecule has 0 bridgehead atoms. The summed E-state index contributed by atoms with van der Waals surface area (Å²) in [7, 11) is 0. The number of rotatable bonds is 7. The van der Waals surface area contributed by atoms with Crippen LogP contribution in [-0.4, -0.2) is 88.8 Å². The first-order valence-electron chi connectivity index (χ1n) is 13.3. The van der Waals surface area contributed by atoms with E-state index in [4.69, 9.17) is 0 Å². The summed E-state index contributed by atoms with van der Waals surface area (Å²) >= 11 is 0. The number of nitrogens with one attached hydrogen (secondary N) is 1. The zero-order chi connectivity index (χ0) is 26.4. The van der Waals surface area contributed by atoms with Crippen LogP contribution in [0.4, 0.5) is 0 Å². The fourth-order valence-corrected chi connectivity index (χ4v) is 5.21. The second kappa shape index (κ2) is 11.9. The van der Waals surface area contributed by atoms with Crippen LogP contribution < -0.4 is 5.32 Å². The average molecular weight is 506 g/mol. The Morgan fingerprint density at radius 1 is 1.05 bits per heavy atom. The molecular weight excluding hydrogens is 466 g/mol. The van der Waals surface area contributed by atoms with Crippen molar-refractivity contribution in [1.82, 2.24) is 25.0 Å². The van der Waals surface area contributed by atoms with Gasteiger partial charge >= 0.3 is 0 Å². The highest BCUT2D eigenvalue weighted by atomic mass is 16.2. The molecule has 2 unspecified atom stereocenters. The van der Waals surface area contributed by atoms with E-state index >= 15 is 0 Å². The van der Waals surface area contributed by atoms with E-state index in [1.165, 1.54) is 0 Å². The third-order valence-electron chi connectivity index (χ3n) is 7.09. The molecular formula is C29H39N5O3. The summed E-state index contributed by atoms with van der Waals surface area (Å²) in [5.74, 6) is -0.180. The van der Waals surface area contributed by atoms with Gasteiger partial charge in [-0.3, -0.25) is 19.4 Å². The van der Waals surface area contributed by atoms with Gasteiger partial charge in [-0.15, -0.1) is 0 Å². The normalized spacial score (nSPS) is 20.1. The smallest absolute Gasteiger partial charge is 0.256 e. The summed E-state index contributed by atoms with van der Waals surface area (Å²) in [4.78, 5) is 50.4. The fraction of sp³-hybridized carbons (Fsp3) is 0.517. The standard InChI is InChI=1S/C29H39N5O3/c1-29(2,3)19-26(35)33(15-11-22-8-5-4-6-9-22)24-18-25(28(37)32-16-13-30-14-17-32)34(21-24)27(36)23-10-7-12-31-20-23/h4-10,12,20,24-25,30H,11,13-19,21H2,1-3H3. The van der Waals surface area contributed by atoms with Gasteiger partial charge in [-0.05, 0) is 36.0 Å². The topological polar surface area (TPSA) is 85.9 Å². The second-order valence-electron chi connectivity index (χ2n) is 11.2. The van der Waals surface area contributed by atoms with Crippen molar-refractivity contribution in [3.63, 3.8) is 0 Å².